The highest BCUT2D eigenvalue weighted by Crippen LogP contribution is 2.25. The molecule has 0 saturated carbocycles. The highest BCUT2D eigenvalue weighted by Gasteiger charge is 2.29. The molecular weight excluding hydrogens is 180 g/mol. The molecule has 0 aliphatic rings. The van der Waals surface area contributed by atoms with Crippen LogP contribution in [0.5, 0.6) is 0 Å². The van der Waals surface area contributed by atoms with Crippen molar-refractivity contribution in [2.75, 3.05) is 0 Å². The molecule has 14 heavy (non-hydrogen) atoms. The molecule has 0 spiro atoms. The maximum absolute atomic E-state index is 11.3. The van der Waals surface area contributed by atoms with Crippen LogP contribution in [0.15, 0.2) is 0 Å². The summed E-state index contributed by atoms with van der Waals surface area (Å²) in [6, 6.07) is 0. The van der Waals surface area contributed by atoms with E-state index in [1.54, 1.807) is 0 Å². The lowest BCUT2D eigenvalue weighted by Crippen LogP contribution is -2.34. The number of hydrogen-bond donors (Lipinski definition) is 0. The fourth-order valence-electron chi connectivity index (χ4n) is 1.36. The van der Waals surface area contributed by atoms with E-state index in [4.69, 9.17) is 9.47 Å². The fourth-order valence-corrected chi connectivity index (χ4v) is 1.36. The Morgan fingerprint density at radius 1 is 1.14 bits per heavy atom. The van der Waals surface area contributed by atoms with Gasteiger partial charge >= 0.3 is 6.16 Å². The second kappa shape index (κ2) is 5.89. The third-order valence-corrected chi connectivity index (χ3v) is 2.56. The van der Waals surface area contributed by atoms with Gasteiger partial charge in [-0.3, -0.25) is 0 Å². The van der Waals surface area contributed by atoms with Gasteiger partial charge < -0.3 is 9.47 Å². The Morgan fingerprint density at radius 2 is 1.57 bits per heavy atom. The van der Waals surface area contributed by atoms with Gasteiger partial charge in [0.05, 0.1) is 6.10 Å². The summed E-state index contributed by atoms with van der Waals surface area (Å²) in [6.07, 6.45) is 1.81. The molecule has 0 heterocycles. The molecule has 0 aromatic heterocycles. The van der Waals surface area contributed by atoms with Crippen molar-refractivity contribution in [3.8, 4) is 0 Å². The molecule has 0 aliphatic heterocycles. The average Bonchev–Trinajstić information content (AvgIpc) is 2.13. The highest BCUT2D eigenvalue weighted by molar-refractivity contribution is 5.60. The Balaban J connectivity index is 4.22. The van der Waals surface area contributed by atoms with E-state index in [0.29, 0.717) is 0 Å². The van der Waals surface area contributed by atoms with Crippen LogP contribution in [0.25, 0.3) is 0 Å². The van der Waals surface area contributed by atoms with E-state index >= 15 is 0 Å². The summed E-state index contributed by atoms with van der Waals surface area (Å²) in [5, 5.41) is 0. The van der Waals surface area contributed by atoms with Crippen LogP contribution in [0.2, 0.25) is 0 Å². The van der Waals surface area contributed by atoms with Crippen LogP contribution < -0.4 is 0 Å². The van der Waals surface area contributed by atoms with Gasteiger partial charge in [0.2, 0.25) is 0 Å². The molecular formula is C11H22O3. The van der Waals surface area contributed by atoms with E-state index < -0.39 is 6.16 Å². The fraction of sp³-hybridized carbons (Fsp3) is 0.909. The van der Waals surface area contributed by atoms with Crippen LogP contribution in [0.4, 0.5) is 4.79 Å². The van der Waals surface area contributed by atoms with E-state index in [0.717, 1.165) is 19.3 Å². The van der Waals surface area contributed by atoms with Gasteiger partial charge in [0.15, 0.2) is 0 Å². The Hall–Kier alpha value is -0.730. The molecule has 0 amide bonds. The Labute approximate surface area is 86.8 Å². The first-order valence-electron chi connectivity index (χ1n) is 5.39. The minimum atomic E-state index is -0.550. The number of carbonyl (C=O) groups excluding carboxylic acids is 1. The summed E-state index contributed by atoms with van der Waals surface area (Å²) in [4.78, 5) is 11.3. The predicted octanol–water partition coefficient (Wildman–Crippen LogP) is 3.52. The van der Waals surface area contributed by atoms with Gasteiger partial charge in [-0.05, 0) is 33.1 Å². The van der Waals surface area contributed by atoms with E-state index in [2.05, 4.69) is 0 Å². The summed E-state index contributed by atoms with van der Waals surface area (Å²) >= 11 is 0. The Morgan fingerprint density at radius 3 is 1.86 bits per heavy atom. The molecule has 3 nitrogen and oxygen atoms in total. The predicted molar refractivity (Wildman–Crippen MR) is 56.3 cm³/mol. The molecule has 0 bridgehead atoms. The second-order valence-corrected chi connectivity index (χ2v) is 3.76. The molecule has 0 atom stereocenters. The lowest BCUT2D eigenvalue weighted by Gasteiger charge is -2.29. The van der Waals surface area contributed by atoms with Gasteiger partial charge in [-0.1, -0.05) is 20.8 Å². The van der Waals surface area contributed by atoms with Crippen LogP contribution >= 0.6 is 0 Å². The average molecular weight is 202 g/mol. The first-order chi connectivity index (χ1) is 6.49. The third-order valence-electron chi connectivity index (χ3n) is 2.56. The molecule has 0 radical (unpaired) electrons. The summed E-state index contributed by atoms with van der Waals surface area (Å²) in [7, 11) is 0. The van der Waals surface area contributed by atoms with Crippen LogP contribution in [0, 0.1) is 0 Å². The van der Waals surface area contributed by atoms with E-state index in [-0.39, 0.29) is 11.7 Å². The van der Waals surface area contributed by atoms with Gasteiger partial charge in [-0.2, -0.15) is 0 Å². The standard InChI is InChI=1S/C11H22O3/c1-6-11(7-2,8-3)14-10(12)13-9(4)5/h9H,6-8H2,1-5H3. The first-order valence-corrected chi connectivity index (χ1v) is 5.39. The van der Waals surface area contributed by atoms with Crippen molar-refractivity contribution in [1.29, 1.82) is 0 Å². The van der Waals surface area contributed by atoms with E-state index in [1.165, 1.54) is 0 Å². The van der Waals surface area contributed by atoms with Crippen LogP contribution in [0.3, 0.4) is 0 Å². The largest absolute Gasteiger partial charge is 0.509 e. The second-order valence-electron chi connectivity index (χ2n) is 3.76. The maximum atomic E-state index is 11.3. The Bertz CT molecular complexity index is 163. The zero-order valence-electron chi connectivity index (χ0n) is 9.92. The van der Waals surface area contributed by atoms with Crippen LogP contribution in [-0.2, 0) is 9.47 Å². The van der Waals surface area contributed by atoms with E-state index in [1.807, 2.05) is 34.6 Å². The first kappa shape index (κ1) is 13.3. The molecule has 0 aliphatic carbocycles. The van der Waals surface area contributed by atoms with E-state index in [9.17, 15) is 4.79 Å². The van der Waals surface area contributed by atoms with Gasteiger partial charge in [-0.15, -0.1) is 0 Å². The monoisotopic (exact) mass is 202 g/mol. The maximum Gasteiger partial charge on any atom is 0.509 e. The molecule has 0 fully saturated rings. The smallest absolute Gasteiger partial charge is 0.432 e. The normalized spacial score (nSPS) is 11.6. The van der Waals surface area contributed by atoms with Crippen molar-refractivity contribution in [2.24, 2.45) is 0 Å². The molecule has 0 aromatic rings. The minimum Gasteiger partial charge on any atom is -0.432 e. The highest BCUT2D eigenvalue weighted by atomic mass is 16.7. The number of carbonyl (C=O) groups is 1. The van der Waals surface area contributed by atoms with Crippen molar-refractivity contribution < 1.29 is 14.3 Å². The summed E-state index contributed by atoms with van der Waals surface area (Å²) in [5.41, 5.74) is -0.341. The van der Waals surface area contributed by atoms with Crippen LogP contribution in [-0.4, -0.2) is 17.9 Å². The Kier molecular flexibility index (Phi) is 5.58. The van der Waals surface area contributed by atoms with Crippen molar-refractivity contribution in [3.63, 3.8) is 0 Å². The van der Waals surface area contributed by atoms with Crippen molar-refractivity contribution >= 4 is 6.16 Å². The van der Waals surface area contributed by atoms with Gasteiger partial charge in [-0.25, -0.2) is 4.79 Å². The van der Waals surface area contributed by atoms with Gasteiger partial charge in [0.1, 0.15) is 5.60 Å². The zero-order valence-corrected chi connectivity index (χ0v) is 9.92. The third kappa shape index (κ3) is 3.99. The van der Waals surface area contributed by atoms with Gasteiger partial charge in [0, 0.05) is 0 Å². The minimum absolute atomic E-state index is 0.120. The summed E-state index contributed by atoms with van der Waals surface area (Å²) < 4.78 is 10.3. The quantitative estimate of drug-likeness (QED) is 0.640. The summed E-state index contributed by atoms with van der Waals surface area (Å²) in [5.74, 6) is 0. The lowest BCUT2D eigenvalue weighted by molar-refractivity contribution is -0.0514. The number of ether oxygens (including phenoxy) is 2. The SMILES string of the molecule is CCC(CC)(CC)OC(=O)OC(C)C. The molecule has 84 valence electrons. The topological polar surface area (TPSA) is 35.5 Å². The molecule has 0 aromatic carbocycles. The van der Waals surface area contributed by atoms with Crippen molar-refractivity contribution in [3.05, 3.63) is 0 Å². The van der Waals surface area contributed by atoms with Crippen molar-refractivity contribution in [2.45, 2.75) is 65.6 Å². The zero-order chi connectivity index (χ0) is 11.2. The molecule has 3 heteroatoms. The molecule has 0 rings (SSSR count). The number of hydrogen-bond acceptors (Lipinski definition) is 3. The lowest BCUT2D eigenvalue weighted by atomic mass is 9.94. The molecule has 0 saturated heterocycles. The van der Waals surface area contributed by atoms with Crippen LogP contribution in [0.1, 0.15) is 53.9 Å². The van der Waals surface area contributed by atoms with Gasteiger partial charge in [0.25, 0.3) is 0 Å². The molecule has 0 N–H and O–H groups in total. The summed E-state index contributed by atoms with van der Waals surface area (Å²) in [6.45, 7) is 9.69. The molecule has 0 unspecified atom stereocenters. The van der Waals surface area contributed by atoms with Crippen molar-refractivity contribution in [1.82, 2.24) is 0 Å². The number of rotatable bonds is 5.